The first-order chi connectivity index (χ1) is 10.1. The summed E-state index contributed by atoms with van der Waals surface area (Å²) in [6, 6.07) is 11.8. The largest absolute Gasteiger partial charge is 0.496 e. The van der Waals surface area contributed by atoms with Gasteiger partial charge in [-0.1, -0.05) is 23.7 Å². The van der Waals surface area contributed by atoms with Crippen LogP contribution in [0.4, 0.5) is 0 Å². The zero-order valence-corrected chi connectivity index (χ0v) is 13.5. The highest BCUT2D eigenvalue weighted by Crippen LogP contribution is 2.33. The molecule has 2 aromatic carbocycles. The molecule has 1 N–H and O–H groups in total. The minimum absolute atomic E-state index is 0.00301. The highest BCUT2D eigenvalue weighted by Gasteiger charge is 2.18. The second-order valence-corrected chi connectivity index (χ2v) is 5.27. The van der Waals surface area contributed by atoms with Crippen LogP contribution in [0.1, 0.15) is 22.7 Å². The summed E-state index contributed by atoms with van der Waals surface area (Å²) in [7, 11) is 5.26. The van der Waals surface area contributed by atoms with Gasteiger partial charge in [-0.3, -0.25) is 0 Å². The average Bonchev–Trinajstić information content (AvgIpc) is 2.48. The van der Waals surface area contributed by atoms with Crippen molar-refractivity contribution in [2.24, 2.45) is 0 Å². The fourth-order valence-electron chi connectivity index (χ4n) is 2.51. The molecule has 0 saturated heterocycles. The number of hydrogen-bond acceptors (Lipinski definition) is 3. The standard InChI is InChI=1S/C17H20ClNO2/c1-11-9-12(5-7-15(11)20-3)17(19-2)14-10-13(18)6-8-16(14)21-4/h5-10,17,19H,1-4H3. The number of hydrogen-bond donors (Lipinski definition) is 1. The molecule has 1 atom stereocenters. The number of nitrogens with one attached hydrogen (secondary N) is 1. The van der Waals surface area contributed by atoms with Crippen molar-refractivity contribution >= 4 is 11.6 Å². The first kappa shape index (κ1) is 15.7. The summed E-state index contributed by atoms with van der Waals surface area (Å²) in [5, 5.41) is 4.01. The van der Waals surface area contributed by atoms with Crippen LogP contribution in [0, 0.1) is 6.92 Å². The van der Waals surface area contributed by atoms with E-state index in [2.05, 4.69) is 11.4 Å². The summed E-state index contributed by atoms with van der Waals surface area (Å²) in [6.45, 7) is 2.03. The molecule has 0 spiro atoms. The Hall–Kier alpha value is -1.71. The molecule has 2 rings (SSSR count). The van der Waals surface area contributed by atoms with Crippen molar-refractivity contribution in [3.05, 3.63) is 58.1 Å². The van der Waals surface area contributed by atoms with E-state index >= 15 is 0 Å². The summed E-state index contributed by atoms with van der Waals surface area (Å²) < 4.78 is 10.8. The van der Waals surface area contributed by atoms with E-state index in [0.717, 1.165) is 28.2 Å². The van der Waals surface area contributed by atoms with E-state index in [1.165, 1.54) is 0 Å². The molecule has 0 aliphatic heterocycles. The zero-order chi connectivity index (χ0) is 15.4. The number of benzene rings is 2. The highest BCUT2D eigenvalue weighted by molar-refractivity contribution is 6.30. The summed E-state index contributed by atoms with van der Waals surface area (Å²) in [5.41, 5.74) is 3.24. The van der Waals surface area contributed by atoms with E-state index in [9.17, 15) is 0 Å². The van der Waals surface area contributed by atoms with Gasteiger partial charge in [-0.2, -0.15) is 0 Å². The number of halogens is 1. The van der Waals surface area contributed by atoms with Gasteiger partial charge in [0.25, 0.3) is 0 Å². The molecule has 1 unspecified atom stereocenters. The Morgan fingerprint density at radius 1 is 1.00 bits per heavy atom. The number of rotatable bonds is 5. The molecule has 2 aromatic rings. The predicted octanol–water partition coefficient (Wildman–Crippen LogP) is 3.97. The van der Waals surface area contributed by atoms with Gasteiger partial charge in [-0.15, -0.1) is 0 Å². The van der Waals surface area contributed by atoms with E-state index in [1.807, 2.05) is 44.3 Å². The lowest BCUT2D eigenvalue weighted by Gasteiger charge is -2.21. The Balaban J connectivity index is 2.49. The fourth-order valence-corrected chi connectivity index (χ4v) is 2.69. The second kappa shape index (κ2) is 6.83. The van der Waals surface area contributed by atoms with Crippen molar-refractivity contribution in [3.63, 3.8) is 0 Å². The Labute approximate surface area is 130 Å². The summed E-state index contributed by atoms with van der Waals surface area (Å²) in [5.74, 6) is 1.69. The molecular formula is C17H20ClNO2. The van der Waals surface area contributed by atoms with E-state index in [-0.39, 0.29) is 6.04 Å². The van der Waals surface area contributed by atoms with Crippen LogP contribution < -0.4 is 14.8 Å². The number of aryl methyl sites for hydroxylation is 1. The van der Waals surface area contributed by atoms with Crippen LogP contribution in [0.2, 0.25) is 5.02 Å². The molecule has 112 valence electrons. The van der Waals surface area contributed by atoms with Crippen molar-refractivity contribution in [3.8, 4) is 11.5 Å². The van der Waals surface area contributed by atoms with Gasteiger partial charge in [-0.05, 0) is 49.4 Å². The van der Waals surface area contributed by atoms with E-state index < -0.39 is 0 Å². The monoisotopic (exact) mass is 305 g/mol. The molecule has 3 nitrogen and oxygen atoms in total. The quantitative estimate of drug-likeness (QED) is 0.906. The van der Waals surface area contributed by atoms with Gasteiger partial charge >= 0.3 is 0 Å². The molecule has 0 aliphatic carbocycles. The topological polar surface area (TPSA) is 30.5 Å². The maximum atomic E-state index is 6.14. The minimum atomic E-state index is 0.00301. The molecule has 0 heterocycles. The minimum Gasteiger partial charge on any atom is -0.496 e. The van der Waals surface area contributed by atoms with Gasteiger partial charge in [0.1, 0.15) is 11.5 Å². The smallest absolute Gasteiger partial charge is 0.124 e. The third-order valence-electron chi connectivity index (χ3n) is 3.54. The zero-order valence-electron chi connectivity index (χ0n) is 12.7. The lowest BCUT2D eigenvalue weighted by atomic mass is 9.96. The van der Waals surface area contributed by atoms with Crippen molar-refractivity contribution in [2.45, 2.75) is 13.0 Å². The van der Waals surface area contributed by atoms with Crippen molar-refractivity contribution in [1.29, 1.82) is 0 Å². The molecular weight excluding hydrogens is 286 g/mol. The van der Waals surface area contributed by atoms with E-state index in [4.69, 9.17) is 21.1 Å². The van der Waals surface area contributed by atoms with Gasteiger partial charge in [0.2, 0.25) is 0 Å². The van der Waals surface area contributed by atoms with Crippen LogP contribution in [-0.2, 0) is 0 Å². The molecule has 4 heteroatoms. The van der Waals surface area contributed by atoms with Gasteiger partial charge in [0.05, 0.1) is 20.3 Å². The third-order valence-corrected chi connectivity index (χ3v) is 3.78. The van der Waals surface area contributed by atoms with Crippen LogP contribution in [0.3, 0.4) is 0 Å². The van der Waals surface area contributed by atoms with Crippen LogP contribution in [0.25, 0.3) is 0 Å². The van der Waals surface area contributed by atoms with Crippen LogP contribution >= 0.6 is 11.6 Å². The van der Waals surface area contributed by atoms with Crippen LogP contribution in [0.5, 0.6) is 11.5 Å². The molecule has 0 fully saturated rings. The maximum Gasteiger partial charge on any atom is 0.124 e. The summed E-state index contributed by atoms with van der Waals surface area (Å²) in [6.07, 6.45) is 0. The van der Waals surface area contributed by atoms with Gasteiger partial charge in [0, 0.05) is 10.6 Å². The average molecular weight is 306 g/mol. The number of ether oxygens (including phenoxy) is 2. The highest BCUT2D eigenvalue weighted by atomic mass is 35.5. The first-order valence-electron chi connectivity index (χ1n) is 6.76. The molecule has 0 aromatic heterocycles. The molecule has 0 radical (unpaired) electrons. The molecule has 0 aliphatic rings. The van der Waals surface area contributed by atoms with E-state index in [1.54, 1.807) is 14.2 Å². The summed E-state index contributed by atoms with van der Waals surface area (Å²) >= 11 is 6.14. The summed E-state index contributed by atoms with van der Waals surface area (Å²) in [4.78, 5) is 0. The van der Waals surface area contributed by atoms with Gasteiger partial charge in [-0.25, -0.2) is 0 Å². The fraction of sp³-hybridized carbons (Fsp3) is 0.294. The van der Waals surface area contributed by atoms with Crippen molar-refractivity contribution < 1.29 is 9.47 Å². The van der Waals surface area contributed by atoms with E-state index in [0.29, 0.717) is 5.02 Å². The second-order valence-electron chi connectivity index (χ2n) is 4.84. The Morgan fingerprint density at radius 2 is 1.67 bits per heavy atom. The molecule has 0 saturated carbocycles. The van der Waals surface area contributed by atoms with Crippen LogP contribution in [0.15, 0.2) is 36.4 Å². The molecule has 0 amide bonds. The van der Waals surface area contributed by atoms with Gasteiger partial charge < -0.3 is 14.8 Å². The third kappa shape index (κ3) is 3.31. The lowest BCUT2D eigenvalue weighted by molar-refractivity contribution is 0.405. The SMILES string of the molecule is CNC(c1ccc(OC)c(C)c1)c1cc(Cl)ccc1OC. The van der Waals surface area contributed by atoms with Crippen LogP contribution in [-0.4, -0.2) is 21.3 Å². The maximum absolute atomic E-state index is 6.14. The van der Waals surface area contributed by atoms with Crippen molar-refractivity contribution in [2.75, 3.05) is 21.3 Å². The molecule has 21 heavy (non-hydrogen) atoms. The Bertz CT molecular complexity index is 628. The first-order valence-corrected chi connectivity index (χ1v) is 7.13. The number of methoxy groups -OCH3 is 2. The lowest BCUT2D eigenvalue weighted by Crippen LogP contribution is -2.18. The Morgan fingerprint density at radius 3 is 2.24 bits per heavy atom. The predicted molar refractivity (Wildman–Crippen MR) is 86.6 cm³/mol. The Kier molecular flexibility index (Phi) is 5.10. The van der Waals surface area contributed by atoms with Crippen molar-refractivity contribution in [1.82, 2.24) is 5.32 Å². The molecule has 0 bridgehead atoms. The normalized spacial score (nSPS) is 12.0. The van der Waals surface area contributed by atoms with Gasteiger partial charge in [0.15, 0.2) is 0 Å².